The highest BCUT2D eigenvalue weighted by molar-refractivity contribution is 7.99. The Morgan fingerprint density at radius 3 is 2.33 bits per heavy atom. The molecule has 0 radical (unpaired) electrons. The maximum atomic E-state index is 13.8. The van der Waals surface area contributed by atoms with E-state index in [1.807, 2.05) is 26.8 Å². The van der Waals surface area contributed by atoms with Gasteiger partial charge >= 0.3 is 0 Å². The van der Waals surface area contributed by atoms with Crippen LogP contribution in [0.4, 0.5) is 4.39 Å². The summed E-state index contributed by atoms with van der Waals surface area (Å²) in [5, 5.41) is -0.405. The van der Waals surface area contributed by atoms with Crippen molar-refractivity contribution in [3.63, 3.8) is 0 Å². The van der Waals surface area contributed by atoms with Crippen LogP contribution in [-0.4, -0.2) is 75.8 Å². The lowest BCUT2D eigenvalue weighted by Crippen LogP contribution is -2.60. The lowest BCUT2D eigenvalue weighted by Gasteiger charge is -2.43. The fourth-order valence-corrected chi connectivity index (χ4v) is 6.21. The average Bonchev–Trinajstić information content (AvgIpc) is 3.33. The van der Waals surface area contributed by atoms with Crippen LogP contribution in [0.5, 0.6) is 0 Å². The predicted octanol–water partition coefficient (Wildman–Crippen LogP) is 4.41. The number of halogens is 2. The van der Waals surface area contributed by atoms with Crippen LogP contribution < -0.4 is 0 Å². The van der Waals surface area contributed by atoms with Crippen molar-refractivity contribution in [3.8, 4) is 0 Å². The number of amides is 3. The fraction of sp³-hybridized carbons (Fsp3) is 0.444. The van der Waals surface area contributed by atoms with E-state index in [0.717, 1.165) is 5.56 Å². The minimum atomic E-state index is -0.675. The fourth-order valence-electron chi connectivity index (χ4n) is 4.67. The first kappa shape index (κ1) is 26.5. The summed E-state index contributed by atoms with van der Waals surface area (Å²) in [5.41, 5.74) is 0.593. The molecule has 0 saturated carbocycles. The first-order chi connectivity index (χ1) is 17.1. The third-order valence-electron chi connectivity index (χ3n) is 6.81. The van der Waals surface area contributed by atoms with Gasteiger partial charge in [0.2, 0.25) is 11.8 Å². The largest absolute Gasteiger partial charge is 0.337 e. The van der Waals surface area contributed by atoms with Gasteiger partial charge in [0.15, 0.2) is 0 Å². The number of nitrogens with zero attached hydrogens (tertiary/aromatic N) is 3. The van der Waals surface area contributed by atoms with Crippen molar-refractivity contribution in [1.29, 1.82) is 0 Å². The monoisotopic (exact) mass is 531 g/mol. The van der Waals surface area contributed by atoms with Crippen LogP contribution in [-0.2, 0) is 9.59 Å². The Labute approximate surface area is 220 Å². The van der Waals surface area contributed by atoms with E-state index in [1.165, 1.54) is 23.9 Å². The Morgan fingerprint density at radius 2 is 1.72 bits per heavy atom. The second-order valence-electron chi connectivity index (χ2n) is 9.98. The molecule has 2 aromatic carbocycles. The second kappa shape index (κ2) is 10.8. The van der Waals surface area contributed by atoms with E-state index in [4.69, 9.17) is 11.6 Å². The van der Waals surface area contributed by atoms with E-state index in [1.54, 1.807) is 51.1 Å². The number of hydrogen-bond acceptors (Lipinski definition) is 4. The smallest absolute Gasteiger partial charge is 0.255 e. The van der Waals surface area contributed by atoms with E-state index in [9.17, 15) is 18.8 Å². The summed E-state index contributed by atoms with van der Waals surface area (Å²) in [6.45, 7) is 6.77. The van der Waals surface area contributed by atoms with Crippen molar-refractivity contribution in [2.45, 2.75) is 38.2 Å². The van der Waals surface area contributed by atoms with Crippen LogP contribution >= 0.6 is 23.4 Å². The van der Waals surface area contributed by atoms with Gasteiger partial charge in [-0.15, -0.1) is 23.4 Å². The van der Waals surface area contributed by atoms with Crippen LogP contribution in [0.15, 0.2) is 54.6 Å². The molecule has 4 rings (SSSR count). The highest BCUT2D eigenvalue weighted by Gasteiger charge is 2.45. The number of alkyl halides is 1. The van der Waals surface area contributed by atoms with Gasteiger partial charge in [-0.25, -0.2) is 4.39 Å². The van der Waals surface area contributed by atoms with Crippen molar-refractivity contribution < 1.29 is 18.8 Å². The van der Waals surface area contributed by atoms with E-state index in [2.05, 4.69) is 0 Å². The summed E-state index contributed by atoms with van der Waals surface area (Å²) in [7, 11) is 0. The van der Waals surface area contributed by atoms with Gasteiger partial charge in [0.25, 0.3) is 5.91 Å². The van der Waals surface area contributed by atoms with Gasteiger partial charge in [-0.3, -0.25) is 14.4 Å². The number of carbonyl (C=O) groups excluding carboxylic acids is 3. The summed E-state index contributed by atoms with van der Waals surface area (Å²) in [6, 6.07) is 14.1. The van der Waals surface area contributed by atoms with Crippen LogP contribution in [0.3, 0.4) is 0 Å². The summed E-state index contributed by atoms with van der Waals surface area (Å²) in [6.07, 6.45) is 0. The topological polar surface area (TPSA) is 60.9 Å². The van der Waals surface area contributed by atoms with Crippen LogP contribution in [0, 0.1) is 11.2 Å². The molecule has 2 fully saturated rings. The summed E-state index contributed by atoms with van der Waals surface area (Å²) in [4.78, 5) is 45.6. The molecular weight excluding hydrogens is 501 g/mol. The Morgan fingerprint density at radius 1 is 1.06 bits per heavy atom. The Hall–Kier alpha value is -2.58. The first-order valence-corrected chi connectivity index (χ1v) is 13.6. The predicted molar refractivity (Wildman–Crippen MR) is 140 cm³/mol. The van der Waals surface area contributed by atoms with Crippen molar-refractivity contribution in [2.24, 2.45) is 5.41 Å². The number of thioether (sulfide) groups is 1. The van der Waals surface area contributed by atoms with Crippen molar-refractivity contribution >= 4 is 41.1 Å². The van der Waals surface area contributed by atoms with E-state index in [0.29, 0.717) is 31.0 Å². The Balaban J connectivity index is 1.56. The molecule has 0 aromatic heterocycles. The molecule has 3 atom stereocenters. The van der Waals surface area contributed by atoms with Crippen LogP contribution in [0.2, 0.25) is 0 Å². The van der Waals surface area contributed by atoms with Crippen molar-refractivity contribution in [2.75, 3.05) is 31.3 Å². The zero-order valence-electron chi connectivity index (χ0n) is 20.7. The highest BCUT2D eigenvalue weighted by atomic mass is 35.5. The molecule has 2 saturated heterocycles. The Kier molecular flexibility index (Phi) is 7.95. The molecule has 6 nitrogen and oxygen atoms in total. The van der Waals surface area contributed by atoms with Gasteiger partial charge in [-0.1, -0.05) is 30.3 Å². The van der Waals surface area contributed by atoms with Gasteiger partial charge in [0.1, 0.15) is 17.2 Å². The van der Waals surface area contributed by atoms with Gasteiger partial charge in [-0.05, 0) is 50.6 Å². The van der Waals surface area contributed by atoms with Crippen LogP contribution in [0.1, 0.15) is 42.1 Å². The van der Waals surface area contributed by atoms with Crippen molar-refractivity contribution in [1.82, 2.24) is 14.7 Å². The second-order valence-corrected chi connectivity index (χ2v) is 11.4. The zero-order valence-corrected chi connectivity index (χ0v) is 22.3. The summed E-state index contributed by atoms with van der Waals surface area (Å²) in [5.74, 6) is -0.0873. The Bertz CT molecular complexity index is 1120. The lowest BCUT2D eigenvalue weighted by atomic mass is 9.93. The zero-order chi connectivity index (χ0) is 26.0. The maximum Gasteiger partial charge on any atom is 0.255 e. The molecule has 2 heterocycles. The minimum Gasteiger partial charge on any atom is -0.337 e. The maximum absolute atomic E-state index is 13.8. The van der Waals surface area contributed by atoms with Crippen LogP contribution in [0.25, 0.3) is 0 Å². The van der Waals surface area contributed by atoms with Gasteiger partial charge in [0, 0.05) is 42.9 Å². The lowest BCUT2D eigenvalue weighted by molar-refractivity contribution is -0.149. The molecule has 36 heavy (non-hydrogen) atoms. The molecule has 9 heteroatoms. The van der Waals surface area contributed by atoms with Crippen molar-refractivity contribution in [3.05, 3.63) is 71.5 Å². The average molecular weight is 532 g/mol. The van der Waals surface area contributed by atoms with Gasteiger partial charge in [0.05, 0.1) is 5.41 Å². The number of rotatable bonds is 5. The van der Waals surface area contributed by atoms with E-state index < -0.39 is 16.8 Å². The summed E-state index contributed by atoms with van der Waals surface area (Å²) < 4.78 is 13.6. The molecular formula is C27H31ClFN3O3S. The third kappa shape index (κ3) is 5.25. The molecule has 2 aliphatic rings. The van der Waals surface area contributed by atoms with Gasteiger partial charge < -0.3 is 14.7 Å². The molecule has 0 N–H and O–H groups in total. The molecule has 192 valence electrons. The van der Waals surface area contributed by atoms with Gasteiger partial charge in [-0.2, -0.15) is 0 Å². The minimum absolute atomic E-state index is 0.0224. The molecule has 0 bridgehead atoms. The molecule has 2 aromatic rings. The number of benzene rings is 2. The third-order valence-corrected chi connectivity index (χ3v) is 8.80. The first-order valence-electron chi connectivity index (χ1n) is 12.0. The number of hydrogen-bond donors (Lipinski definition) is 0. The van der Waals surface area contributed by atoms with E-state index in [-0.39, 0.29) is 35.5 Å². The number of piperazine rings is 1. The molecule has 0 aliphatic carbocycles. The standard InChI is InChI=1S/C27H31ClFN3O3S/c1-18-15-30(13-14-31(18)26(35)27(2,3)17-28)24(34)22-16-36-25(20-9-11-21(29)12-10-20)32(22)23(33)19-7-5-4-6-8-19/h4-12,18,22,25H,13-17H2,1-3H3. The number of carbonyl (C=O) groups is 3. The molecule has 3 amide bonds. The molecule has 0 spiro atoms. The highest BCUT2D eigenvalue weighted by Crippen LogP contribution is 2.43. The SMILES string of the molecule is CC1CN(C(=O)C2CSC(c3ccc(F)cc3)N2C(=O)c2ccccc2)CCN1C(=O)C(C)(C)CCl. The summed E-state index contributed by atoms with van der Waals surface area (Å²) >= 11 is 7.52. The normalized spacial score (nSPS) is 22.6. The molecule has 3 unspecified atom stereocenters. The molecule has 2 aliphatic heterocycles. The van der Waals surface area contributed by atoms with E-state index >= 15 is 0 Å². The quantitative estimate of drug-likeness (QED) is 0.536.